The van der Waals surface area contributed by atoms with Crippen molar-refractivity contribution in [3.8, 4) is 5.75 Å². The van der Waals surface area contributed by atoms with Crippen molar-refractivity contribution in [2.75, 3.05) is 0 Å². The summed E-state index contributed by atoms with van der Waals surface area (Å²) >= 11 is 6.61. The molecular weight excluding hydrogens is 300 g/mol. The van der Waals surface area contributed by atoms with E-state index in [-0.39, 0.29) is 5.97 Å². The standard InChI is InChI=1S/C9H8Br2O2/c1-2-9(12)13-8-4-6(10)3-7(11)5-8/h3-5H,2H2,1H3. The van der Waals surface area contributed by atoms with Crippen LogP contribution in [0.15, 0.2) is 27.1 Å². The molecule has 0 aliphatic carbocycles. The lowest BCUT2D eigenvalue weighted by Crippen LogP contribution is -2.05. The number of benzene rings is 1. The lowest BCUT2D eigenvalue weighted by molar-refractivity contribution is -0.134. The van der Waals surface area contributed by atoms with Crippen LogP contribution < -0.4 is 4.74 Å². The normalized spacial score (nSPS) is 9.77. The summed E-state index contributed by atoms with van der Waals surface area (Å²) in [5.41, 5.74) is 0. The van der Waals surface area contributed by atoms with Gasteiger partial charge in [-0.3, -0.25) is 4.79 Å². The summed E-state index contributed by atoms with van der Waals surface area (Å²) in [7, 11) is 0. The van der Waals surface area contributed by atoms with Crippen molar-refractivity contribution in [1.29, 1.82) is 0 Å². The lowest BCUT2D eigenvalue weighted by atomic mass is 10.3. The minimum atomic E-state index is -0.231. The second-order valence-electron chi connectivity index (χ2n) is 2.43. The van der Waals surface area contributed by atoms with Crippen LogP contribution in [0, 0.1) is 0 Å². The minimum absolute atomic E-state index is 0.231. The quantitative estimate of drug-likeness (QED) is 0.617. The highest BCUT2D eigenvalue weighted by Crippen LogP contribution is 2.25. The zero-order chi connectivity index (χ0) is 9.84. The number of hydrogen-bond donors (Lipinski definition) is 0. The summed E-state index contributed by atoms with van der Waals surface area (Å²) in [5.74, 6) is 0.318. The summed E-state index contributed by atoms with van der Waals surface area (Å²) < 4.78 is 6.78. The molecule has 0 aromatic heterocycles. The fraction of sp³-hybridized carbons (Fsp3) is 0.222. The Morgan fingerprint density at radius 3 is 2.31 bits per heavy atom. The molecule has 4 heteroatoms. The number of esters is 1. The van der Waals surface area contributed by atoms with E-state index < -0.39 is 0 Å². The van der Waals surface area contributed by atoms with Crippen LogP contribution in [0.25, 0.3) is 0 Å². The molecule has 1 rings (SSSR count). The van der Waals surface area contributed by atoms with Gasteiger partial charge >= 0.3 is 5.97 Å². The first kappa shape index (κ1) is 10.7. The van der Waals surface area contributed by atoms with Crippen LogP contribution in [0.3, 0.4) is 0 Å². The van der Waals surface area contributed by atoms with Gasteiger partial charge < -0.3 is 4.74 Å². The van der Waals surface area contributed by atoms with Gasteiger partial charge in [-0.15, -0.1) is 0 Å². The molecule has 0 bridgehead atoms. The van der Waals surface area contributed by atoms with E-state index in [4.69, 9.17) is 4.74 Å². The Morgan fingerprint density at radius 2 is 1.85 bits per heavy atom. The van der Waals surface area contributed by atoms with Crippen LogP contribution in [0.4, 0.5) is 0 Å². The van der Waals surface area contributed by atoms with Gasteiger partial charge in [-0.2, -0.15) is 0 Å². The average Bonchev–Trinajstić information content (AvgIpc) is 2.02. The number of halogens is 2. The van der Waals surface area contributed by atoms with Gasteiger partial charge in [0, 0.05) is 15.4 Å². The predicted molar refractivity (Wildman–Crippen MR) is 57.8 cm³/mol. The molecule has 0 atom stereocenters. The van der Waals surface area contributed by atoms with Gasteiger partial charge in [0.1, 0.15) is 5.75 Å². The molecule has 0 amide bonds. The Labute approximate surface area is 93.5 Å². The van der Waals surface area contributed by atoms with Crippen molar-refractivity contribution >= 4 is 37.8 Å². The molecule has 0 heterocycles. The summed E-state index contributed by atoms with van der Waals surface area (Å²) in [5, 5.41) is 0. The van der Waals surface area contributed by atoms with Crippen molar-refractivity contribution in [3.05, 3.63) is 27.1 Å². The molecule has 0 N–H and O–H groups in total. The van der Waals surface area contributed by atoms with Crippen LogP contribution in [-0.4, -0.2) is 5.97 Å². The maximum absolute atomic E-state index is 11.0. The van der Waals surface area contributed by atoms with Gasteiger partial charge in [0.2, 0.25) is 0 Å². The lowest BCUT2D eigenvalue weighted by Gasteiger charge is -2.03. The fourth-order valence-corrected chi connectivity index (χ4v) is 2.04. The first-order valence-corrected chi connectivity index (χ1v) is 5.37. The number of rotatable bonds is 2. The number of ether oxygens (including phenoxy) is 1. The van der Waals surface area contributed by atoms with E-state index in [1.165, 1.54) is 0 Å². The van der Waals surface area contributed by atoms with Gasteiger partial charge in [0.05, 0.1) is 0 Å². The molecule has 0 spiro atoms. The highest BCUT2D eigenvalue weighted by atomic mass is 79.9. The van der Waals surface area contributed by atoms with E-state index in [9.17, 15) is 4.79 Å². The van der Waals surface area contributed by atoms with Gasteiger partial charge in [0.15, 0.2) is 0 Å². The van der Waals surface area contributed by atoms with Crippen LogP contribution in [0.1, 0.15) is 13.3 Å². The molecule has 1 aromatic rings. The Kier molecular flexibility index (Phi) is 3.93. The molecular formula is C9H8Br2O2. The predicted octanol–water partition coefficient (Wildman–Crippen LogP) is 3.53. The monoisotopic (exact) mass is 306 g/mol. The molecule has 0 fully saturated rings. The largest absolute Gasteiger partial charge is 0.426 e. The molecule has 2 nitrogen and oxygen atoms in total. The smallest absolute Gasteiger partial charge is 0.310 e. The maximum atomic E-state index is 11.0. The SMILES string of the molecule is CCC(=O)Oc1cc(Br)cc(Br)c1. The Hall–Kier alpha value is -0.350. The van der Waals surface area contributed by atoms with Crippen molar-refractivity contribution in [2.24, 2.45) is 0 Å². The minimum Gasteiger partial charge on any atom is -0.426 e. The average molecular weight is 308 g/mol. The number of carbonyl (C=O) groups excluding carboxylic acids is 1. The summed E-state index contributed by atoms with van der Waals surface area (Å²) in [4.78, 5) is 11.0. The van der Waals surface area contributed by atoms with Crippen molar-refractivity contribution < 1.29 is 9.53 Å². The third-order valence-electron chi connectivity index (χ3n) is 1.36. The summed E-state index contributed by atoms with van der Waals surface area (Å²) in [6.07, 6.45) is 0.379. The van der Waals surface area contributed by atoms with Crippen LogP contribution in [0.5, 0.6) is 5.75 Å². The second-order valence-corrected chi connectivity index (χ2v) is 4.26. The summed E-state index contributed by atoms with van der Waals surface area (Å²) in [6.45, 7) is 1.76. The van der Waals surface area contributed by atoms with Crippen LogP contribution in [0.2, 0.25) is 0 Å². The second kappa shape index (κ2) is 4.77. The van der Waals surface area contributed by atoms with Crippen molar-refractivity contribution in [1.82, 2.24) is 0 Å². The molecule has 0 radical (unpaired) electrons. The van der Waals surface area contributed by atoms with Gasteiger partial charge in [-0.25, -0.2) is 0 Å². The molecule has 13 heavy (non-hydrogen) atoms. The third-order valence-corrected chi connectivity index (χ3v) is 2.27. The highest BCUT2D eigenvalue weighted by molar-refractivity contribution is 9.11. The number of carbonyl (C=O) groups is 1. The zero-order valence-corrected chi connectivity index (χ0v) is 10.2. The van der Waals surface area contributed by atoms with Gasteiger partial charge in [0.25, 0.3) is 0 Å². The van der Waals surface area contributed by atoms with E-state index in [0.29, 0.717) is 12.2 Å². The topological polar surface area (TPSA) is 26.3 Å². The molecule has 0 unspecified atom stereocenters. The van der Waals surface area contributed by atoms with E-state index in [1.54, 1.807) is 19.1 Å². The number of hydrogen-bond acceptors (Lipinski definition) is 2. The van der Waals surface area contributed by atoms with Crippen molar-refractivity contribution in [2.45, 2.75) is 13.3 Å². The molecule has 0 saturated heterocycles. The molecule has 0 aliphatic rings. The van der Waals surface area contributed by atoms with Crippen molar-refractivity contribution in [3.63, 3.8) is 0 Å². The Balaban J connectivity index is 2.83. The van der Waals surface area contributed by atoms with Crippen LogP contribution in [-0.2, 0) is 4.79 Å². The van der Waals surface area contributed by atoms with E-state index in [2.05, 4.69) is 31.9 Å². The maximum Gasteiger partial charge on any atom is 0.310 e. The Bertz CT molecular complexity index is 303. The first-order valence-electron chi connectivity index (χ1n) is 3.78. The third kappa shape index (κ3) is 3.48. The first-order chi connectivity index (χ1) is 6.11. The summed E-state index contributed by atoms with van der Waals surface area (Å²) in [6, 6.07) is 5.37. The molecule has 70 valence electrons. The molecule has 0 aliphatic heterocycles. The van der Waals surface area contributed by atoms with Crippen LogP contribution >= 0.6 is 31.9 Å². The fourth-order valence-electron chi connectivity index (χ4n) is 0.791. The molecule has 0 saturated carbocycles. The Morgan fingerprint density at radius 1 is 1.31 bits per heavy atom. The zero-order valence-electron chi connectivity index (χ0n) is 7.01. The van der Waals surface area contributed by atoms with Gasteiger partial charge in [-0.1, -0.05) is 38.8 Å². The van der Waals surface area contributed by atoms with E-state index in [1.807, 2.05) is 6.07 Å². The van der Waals surface area contributed by atoms with E-state index >= 15 is 0 Å². The highest BCUT2D eigenvalue weighted by Gasteiger charge is 2.03. The molecule has 1 aromatic carbocycles. The van der Waals surface area contributed by atoms with Gasteiger partial charge in [-0.05, 0) is 18.2 Å². The van der Waals surface area contributed by atoms with E-state index in [0.717, 1.165) is 8.95 Å².